The molecule has 2 fully saturated rings. The number of carboxylic acids is 1. The van der Waals surface area contributed by atoms with Crippen LogP contribution >= 0.6 is 0 Å². The molecule has 1 aromatic heterocycles. The molecule has 5 nitrogen and oxygen atoms in total. The Hall–Kier alpha value is -1.88. The standard InChI is InChI=1S/C15H17N3O2/c19-15(20)12-2-1-3-13-14(12)16-9-18(13)11-6-7-17(8-11)10-4-5-10/h1-3,9-11H,4-8H2,(H,19,20). The van der Waals surface area contributed by atoms with Gasteiger partial charge in [0, 0.05) is 25.2 Å². The van der Waals surface area contributed by atoms with Crippen molar-refractivity contribution in [2.45, 2.75) is 31.3 Å². The Morgan fingerprint density at radius 3 is 2.85 bits per heavy atom. The number of hydrogen-bond donors (Lipinski definition) is 1. The molecule has 20 heavy (non-hydrogen) atoms. The molecule has 1 unspecified atom stereocenters. The topological polar surface area (TPSA) is 58.4 Å². The fourth-order valence-corrected chi connectivity index (χ4v) is 3.29. The first-order chi connectivity index (χ1) is 9.74. The third kappa shape index (κ3) is 1.81. The van der Waals surface area contributed by atoms with Crippen LogP contribution in [0.2, 0.25) is 0 Å². The lowest BCUT2D eigenvalue weighted by molar-refractivity contribution is 0.0699. The summed E-state index contributed by atoms with van der Waals surface area (Å²) in [6, 6.07) is 6.60. The Balaban J connectivity index is 1.70. The van der Waals surface area contributed by atoms with Gasteiger partial charge in [0.1, 0.15) is 5.52 Å². The van der Waals surface area contributed by atoms with Gasteiger partial charge in [-0.25, -0.2) is 9.78 Å². The van der Waals surface area contributed by atoms with Gasteiger partial charge in [-0.05, 0) is 31.4 Å². The summed E-state index contributed by atoms with van der Waals surface area (Å²) in [5.74, 6) is -0.910. The fourth-order valence-electron chi connectivity index (χ4n) is 3.29. The summed E-state index contributed by atoms with van der Waals surface area (Å²) in [4.78, 5) is 18.1. The van der Waals surface area contributed by atoms with E-state index in [2.05, 4.69) is 14.5 Å². The van der Waals surface area contributed by atoms with Gasteiger partial charge >= 0.3 is 5.97 Å². The van der Waals surface area contributed by atoms with Crippen molar-refractivity contribution in [1.29, 1.82) is 0 Å². The number of aromatic carboxylic acids is 1. The van der Waals surface area contributed by atoms with Crippen molar-refractivity contribution in [1.82, 2.24) is 14.5 Å². The molecule has 104 valence electrons. The summed E-state index contributed by atoms with van der Waals surface area (Å²) in [5.41, 5.74) is 1.83. The van der Waals surface area contributed by atoms with Gasteiger partial charge in [0.25, 0.3) is 0 Å². The van der Waals surface area contributed by atoms with E-state index in [4.69, 9.17) is 0 Å². The number of nitrogens with zero attached hydrogens (tertiary/aromatic N) is 3. The number of likely N-dealkylation sites (tertiary alicyclic amines) is 1. The molecule has 4 rings (SSSR count). The number of carboxylic acid groups (broad SMARTS) is 1. The first kappa shape index (κ1) is 11.9. The number of aromatic nitrogens is 2. The zero-order valence-electron chi connectivity index (χ0n) is 11.2. The molecule has 2 aromatic rings. The second-order valence-corrected chi connectivity index (χ2v) is 5.80. The highest BCUT2D eigenvalue weighted by Crippen LogP contribution is 2.34. The highest BCUT2D eigenvalue weighted by atomic mass is 16.4. The third-order valence-corrected chi connectivity index (χ3v) is 4.49. The maximum Gasteiger partial charge on any atom is 0.337 e. The molecule has 0 amide bonds. The Morgan fingerprint density at radius 1 is 1.25 bits per heavy atom. The summed E-state index contributed by atoms with van der Waals surface area (Å²) in [5, 5.41) is 9.22. The molecular weight excluding hydrogens is 254 g/mol. The quantitative estimate of drug-likeness (QED) is 0.929. The summed E-state index contributed by atoms with van der Waals surface area (Å²) in [6.45, 7) is 2.21. The van der Waals surface area contributed by atoms with E-state index in [0.29, 0.717) is 17.1 Å². The van der Waals surface area contributed by atoms with Crippen LogP contribution in [-0.2, 0) is 0 Å². The second kappa shape index (κ2) is 4.31. The lowest BCUT2D eigenvalue weighted by atomic mass is 10.1. The van der Waals surface area contributed by atoms with Gasteiger partial charge in [-0.1, -0.05) is 6.07 Å². The minimum Gasteiger partial charge on any atom is -0.478 e. The number of para-hydroxylation sites is 1. The highest BCUT2D eigenvalue weighted by molar-refractivity contribution is 6.00. The molecule has 0 bridgehead atoms. The van der Waals surface area contributed by atoms with Crippen LogP contribution in [0.5, 0.6) is 0 Å². The van der Waals surface area contributed by atoms with E-state index < -0.39 is 5.97 Å². The van der Waals surface area contributed by atoms with E-state index in [9.17, 15) is 9.90 Å². The summed E-state index contributed by atoms with van der Waals surface area (Å²) < 4.78 is 2.16. The smallest absolute Gasteiger partial charge is 0.337 e. The Morgan fingerprint density at radius 2 is 2.10 bits per heavy atom. The SMILES string of the molecule is O=C(O)c1cccc2c1ncn2C1CCN(C2CC2)C1. The van der Waals surface area contributed by atoms with Crippen molar-refractivity contribution in [3.63, 3.8) is 0 Å². The van der Waals surface area contributed by atoms with Crippen LogP contribution in [0.25, 0.3) is 11.0 Å². The number of imidazole rings is 1. The lowest BCUT2D eigenvalue weighted by Gasteiger charge is -2.16. The minimum atomic E-state index is -0.910. The van der Waals surface area contributed by atoms with Gasteiger partial charge in [0.05, 0.1) is 17.4 Å². The number of carbonyl (C=O) groups is 1. The molecule has 5 heteroatoms. The van der Waals surface area contributed by atoms with Crippen molar-refractivity contribution in [2.75, 3.05) is 13.1 Å². The molecule has 1 N–H and O–H groups in total. The van der Waals surface area contributed by atoms with E-state index in [-0.39, 0.29) is 0 Å². The lowest BCUT2D eigenvalue weighted by Crippen LogP contribution is -2.23. The zero-order valence-corrected chi connectivity index (χ0v) is 11.2. The molecule has 1 aliphatic heterocycles. The van der Waals surface area contributed by atoms with Crippen LogP contribution in [0, 0.1) is 0 Å². The first-order valence-corrected chi connectivity index (χ1v) is 7.17. The molecule has 1 aliphatic carbocycles. The monoisotopic (exact) mass is 271 g/mol. The van der Waals surface area contributed by atoms with Crippen LogP contribution in [0.1, 0.15) is 35.7 Å². The molecule has 1 saturated carbocycles. The van der Waals surface area contributed by atoms with Crippen LogP contribution in [-0.4, -0.2) is 44.7 Å². The maximum absolute atomic E-state index is 11.2. The van der Waals surface area contributed by atoms with E-state index in [1.807, 2.05) is 6.07 Å². The zero-order chi connectivity index (χ0) is 13.7. The van der Waals surface area contributed by atoms with Gasteiger partial charge in [0.15, 0.2) is 0 Å². The molecule has 2 heterocycles. The van der Waals surface area contributed by atoms with E-state index >= 15 is 0 Å². The largest absolute Gasteiger partial charge is 0.478 e. The van der Waals surface area contributed by atoms with Gasteiger partial charge in [-0.2, -0.15) is 0 Å². The molecule has 0 radical (unpaired) electrons. The average Bonchev–Trinajstić information content (AvgIpc) is 3.01. The van der Waals surface area contributed by atoms with Gasteiger partial charge in [0.2, 0.25) is 0 Å². The van der Waals surface area contributed by atoms with Crippen LogP contribution in [0.4, 0.5) is 0 Å². The average molecular weight is 271 g/mol. The van der Waals surface area contributed by atoms with Crippen molar-refractivity contribution >= 4 is 17.0 Å². The van der Waals surface area contributed by atoms with Gasteiger partial charge in [-0.3, -0.25) is 4.90 Å². The molecular formula is C15H17N3O2. The summed E-state index contributed by atoms with van der Waals surface area (Å²) in [6.07, 6.45) is 5.60. The molecule has 1 atom stereocenters. The summed E-state index contributed by atoms with van der Waals surface area (Å²) >= 11 is 0. The van der Waals surface area contributed by atoms with Crippen LogP contribution in [0.3, 0.4) is 0 Å². The number of benzene rings is 1. The Labute approximate surface area is 116 Å². The fraction of sp³-hybridized carbons (Fsp3) is 0.467. The maximum atomic E-state index is 11.2. The number of hydrogen-bond acceptors (Lipinski definition) is 3. The Kier molecular flexibility index (Phi) is 2.57. The third-order valence-electron chi connectivity index (χ3n) is 4.49. The predicted octanol–water partition coefficient (Wildman–Crippen LogP) is 2.14. The normalized spacial score (nSPS) is 23.5. The van der Waals surface area contributed by atoms with Crippen molar-refractivity contribution < 1.29 is 9.90 Å². The first-order valence-electron chi connectivity index (χ1n) is 7.17. The minimum absolute atomic E-state index is 0.290. The summed E-state index contributed by atoms with van der Waals surface area (Å²) in [7, 11) is 0. The molecule has 1 aromatic carbocycles. The number of rotatable bonds is 3. The molecule has 0 spiro atoms. The Bertz CT molecular complexity index is 675. The van der Waals surface area contributed by atoms with Crippen LogP contribution < -0.4 is 0 Å². The van der Waals surface area contributed by atoms with E-state index in [1.54, 1.807) is 18.5 Å². The number of fused-ring (bicyclic) bond motifs is 1. The van der Waals surface area contributed by atoms with Crippen molar-refractivity contribution in [3.8, 4) is 0 Å². The van der Waals surface area contributed by atoms with Crippen molar-refractivity contribution in [2.24, 2.45) is 0 Å². The highest BCUT2D eigenvalue weighted by Gasteiger charge is 2.35. The molecule has 2 aliphatic rings. The van der Waals surface area contributed by atoms with Crippen LogP contribution in [0.15, 0.2) is 24.5 Å². The van der Waals surface area contributed by atoms with E-state index in [0.717, 1.165) is 31.1 Å². The van der Waals surface area contributed by atoms with Gasteiger partial charge < -0.3 is 9.67 Å². The second-order valence-electron chi connectivity index (χ2n) is 5.80. The van der Waals surface area contributed by atoms with Crippen molar-refractivity contribution in [3.05, 3.63) is 30.1 Å². The van der Waals surface area contributed by atoms with E-state index in [1.165, 1.54) is 12.8 Å². The predicted molar refractivity (Wildman–Crippen MR) is 74.9 cm³/mol. The molecule has 1 saturated heterocycles. The van der Waals surface area contributed by atoms with Gasteiger partial charge in [-0.15, -0.1) is 0 Å².